The SMILES string of the molecule is Cc1oc2ccc(OCc3scnc3C(F)(F)F)cc2c1C(=O)N[C@@H](CO)C(N)=O. The van der Waals surface area contributed by atoms with Crippen LogP contribution in [-0.2, 0) is 17.6 Å². The Kier molecular flexibility index (Phi) is 5.99. The van der Waals surface area contributed by atoms with Crippen molar-refractivity contribution in [3.05, 3.63) is 45.6 Å². The summed E-state index contributed by atoms with van der Waals surface area (Å²) in [7, 11) is 0. The molecule has 2 heterocycles. The van der Waals surface area contributed by atoms with Gasteiger partial charge in [0.05, 0.1) is 22.6 Å². The fourth-order valence-corrected chi connectivity index (χ4v) is 3.45. The summed E-state index contributed by atoms with van der Waals surface area (Å²) in [6.45, 7) is 0.485. The van der Waals surface area contributed by atoms with Gasteiger partial charge < -0.3 is 25.3 Å². The Labute approximate surface area is 171 Å². The molecule has 3 rings (SSSR count). The Bertz CT molecular complexity index is 1090. The van der Waals surface area contributed by atoms with Crippen molar-refractivity contribution >= 4 is 34.1 Å². The highest BCUT2D eigenvalue weighted by molar-refractivity contribution is 7.09. The molecule has 1 atom stereocenters. The molecule has 0 spiro atoms. The van der Waals surface area contributed by atoms with E-state index in [1.165, 1.54) is 25.1 Å². The molecule has 4 N–H and O–H groups in total. The number of aliphatic hydroxyl groups is 1. The van der Waals surface area contributed by atoms with Crippen LogP contribution in [0.15, 0.2) is 28.1 Å². The Morgan fingerprint density at radius 2 is 2.13 bits per heavy atom. The normalized spacial score (nSPS) is 12.7. The Balaban J connectivity index is 1.86. The lowest BCUT2D eigenvalue weighted by atomic mass is 10.1. The fourth-order valence-electron chi connectivity index (χ4n) is 2.76. The van der Waals surface area contributed by atoms with E-state index in [9.17, 15) is 22.8 Å². The van der Waals surface area contributed by atoms with Gasteiger partial charge in [-0.25, -0.2) is 4.98 Å². The number of ether oxygens (including phenoxy) is 1. The number of fused-ring (bicyclic) bond motifs is 1. The van der Waals surface area contributed by atoms with Crippen LogP contribution in [0, 0.1) is 6.92 Å². The second kappa shape index (κ2) is 8.32. The molecule has 0 aliphatic heterocycles. The van der Waals surface area contributed by atoms with Gasteiger partial charge in [-0.3, -0.25) is 9.59 Å². The standard InChI is InChI=1S/C18H16F3N3O5S/c1-8-14(17(27)24-11(5-25)16(22)26)10-4-9(2-3-12(10)29-8)28-6-13-15(18(19,20)21)23-7-30-13/h2-4,7,11,25H,5-6H2,1H3,(H2,22,26)(H,24,27)/t11-/m0/s1. The molecule has 0 aliphatic carbocycles. The Morgan fingerprint density at radius 1 is 1.40 bits per heavy atom. The number of benzene rings is 1. The number of primary amides is 1. The van der Waals surface area contributed by atoms with Crippen LogP contribution in [0.2, 0.25) is 0 Å². The number of nitrogens with two attached hydrogens (primary N) is 1. The molecule has 2 aromatic heterocycles. The first-order valence-corrected chi connectivity index (χ1v) is 9.36. The zero-order valence-electron chi connectivity index (χ0n) is 15.4. The zero-order valence-corrected chi connectivity index (χ0v) is 16.3. The largest absolute Gasteiger partial charge is 0.488 e. The quantitative estimate of drug-likeness (QED) is 0.515. The molecule has 0 saturated heterocycles. The predicted octanol–water partition coefficient (Wildman–Crippen LogP) is 2.37. The lowest BCUT2D eigenvalue weighted by molar-refractivity contribution is -0.141. The van der Waals surface area contributed by atoms with E-state index in [2.05, 4.69) is 10.3 Å². The van der Waals surface area contributed by atoms with Crippen molar-refractivity contribution in [2.24, 2.45) is 5.73 Å². The highest BCUT2D eigenvalue weighted by Gasteiger charge is 2.36. The maximum atomic E-state index is 12.9. The molecule has 0 saturated carbocycles. The number of furan rings is 1. The maximum absolute atomic E-state index is 12.9. The maximum Gasteiger partial charge on any atom is 0.434 e. The van der Waals surface area contributed by atoms with E-state index in [0.29, 0.717) is 11.0 Å². The van der Waals surface area contributed by atoms with Gasteiger partial charge in [0.25, 0.3) is 5.91 Å². The van der Waals surface area contributed by atoms with E-state index in [1.807, 2.05) is 0 Å². The summed E-state index contributed by atoms with van der Waals surface area (Å²) in [5.74, 6) is -1.18. The molecule has 30 heavy (non-hydrogen) atoms. The molecule has 12 heteroatoms. The number of aromatic nitrogens is 1. The molecular weight excluding hydrogens is 427 g/mol. The monoisotopic (exact) mass is 443 g/mol. The van der Waals surface area contributed by atoms with Crippen LogP contribution in [0.25, 0.3) is 11.0 Å². The molecular formula is C18H16F3N3O5S. The molecule has 0 aliphatic rings. The van der Waals surface area contributed by atoms with Crippen molar-refractivity contribution in [1.29, 1.82) is 0 Å². The van der Waals surface area contributed by atoms with Crippen LogP contribution in [0.1, 0.15) is 26.7 Å². The number of amides is 2. The van der Waals surface area contributed by atoms with E-state index in [-0.39, 0.29) is 28.6 Å². The first-order chi connectivity index (χ1) is 14.1. The average Bonchev–Trinajstić information content (AvgIpc) is 3.27. The minimum absolute atomic E-state index is 0.0869. The summed E-state index contributed by atoms with van der Waals surface area (Å²) in [5.41, 5.74) is 5.61. The molecule has 160 valence electrons. The first-order valence-electron chi connectivity index (χ1n) is 8.48. The van der Waals surface area contributed by atoms with Crippen LogP contribution in [0.5, 0.6) is 5.75 Å². The molecule has 1 aromatic carbocycles. The number of nitrogens with zero attached hydrogens (tertiary/aromatic N) is 1. The van der Waals surface area contributed by atoms with Crippen LogP contribution >= 0.6 is 11.3 Å². The lowest BCUT2D eigenvalue weighted by Crippen LogP contribution is -2.46. The second-order valence-corrected chi connectivity index (χ2v) is 7.15. The third-order valence-electron chi connectivity index (χ3n) is 4.17. The number of halogens is 3. The number of aliphatic hydroxyl groups excluding tert-OH is 1. The average molecular weight is 443 g/mol. The van der Waals surface area contributed by atoms with E-state index < -0.39 is 36.3 Å². The van der Waals surface area contributed by atoms with Crippen molar-refractivity contribution < 1.29 is 37.0 Å². The van der Waals surface area contributed by atoms with Crippen molar-refractivity contribution in [1.82, 2.24) is 10.3 Å². The number of rotatable bonds is 7. The van der Waals surface area contributed by atoms with Gasteiger partial charge in [-0.05, 0) is 25.1 Å². The highest BCUT2D eigenvalue weighted by atomic mass is 32.1. The fraction of sp³-hybridized carbons (Fsp3) is 0.278. The number of aryl methyl sites for hydroxylation is 1. The van der Waals surface area contributed by atoms with Gasteiger partial charge in [0.2, 0.25) is 5.91 Å². The molecule has 0 fully saturated rings. The van der Waals surface area contributed by atoms with Crippen molar-refractivity contribution in [2.45, 2.75) is 25.7 Å². The zero-order chi connectivity index (χ0) is 22.1. The van der Waals surface area contributed by atoms with Crippen molar-refractivity contribution in [3.63, 3.8) is 0 Å². The Morgan fingerprint density at radius 3 is 2.77 bits per heavy atom. The van der Waals surface area contributed by atoms with E-state index >= 15 is 0 Å². The summed E-state index contributed by atoms with van der Waals surface area (Å²) >= 11 is 0.817. The minimum atomic E-state index is -4.58. The van der Waals surface area contributed by atoms with Gasteiger partial charge >= 0.3 is 6.18 Å². The highest BCUT2D eigenvalue weighted by Crippen LogP contribution is 2.34. The first kappa shape index (κ1) is 21.6. The predicted molar refractivity (Wildman–Crippen MR) is 99.9 cm³/mol. The van der Waals surface area contributed by atoms with Crippen LogP contribution in [-0.4, -0.2) is 34.6 Å². The van der Waals surface area contributed by atoms with E-state index in [1.54, 1.807) is 0 Å². The minimum Gasteiger partial charge on any atom is -0.488 e. The second-order valence-electron chi connectivity index (χ2n) is 6.21. The van der Waals surface area contributed by atoms with Gasteiger partial charge in [0, 0.05) is 5.39 Å². The molecule has 2 amide bonds. The third-order valence-corrected chi connectivity index (χ3v) is 4.98. The van der Waals surface area contributed by atoms with Crippen molar-refractivity contribution in [3.8, 4) is 5.75 Å². The topological polar surface area (TPSA) is 128 Å². The summed E-state index contributed by atoms with van der Waals surface area (Å²) in [5, 5.41) is 11.8. The van der Waals surface area contributed by atoms with Crippen LogP contribution in [0.4, 0.5) is 13.2 Å². The van der Waals surface area contributed by atoms with E-state index in [0.717, 1.165) is 16.8 Å². The van der Waals surface area contributed by atoms with Gasteiger partial charge in [-0.15, -0.1) is 11.3 Å². The summed E-state index contributed by atoms with van der Waals surface area (Å²) in [6, 6.07) is 3.14. The number of nitrogens with one attached hydrogen (secondary N) is 1. The summed E-state index contributed by atoms with van der Waals surface area (Å²) < 4.78 is 49.8. The lowest BCUT2D eigenvalue weighted by Gasteiger charge is -2.12. The number of carbonyl (C=O) groups is 2. The molecule has 3 aromatic rings. The van der Waals surface area contributed by atoms with Crippen LogP contribution < -0.4 is 15.8 Å². The van der Waals surface area contributed by atoms with Gasteiger partial charge in [0.1, 0.15) is 29.7 Å². The number of hydrogen-bond donors (Lipinski definition) is 3. The number of hydrogen-bond acceptors (Lipinski definition) is 7. The summed E-state index contributed by atoms with van der Waals surface area (Å²) in [6.07, 6.45) is -4.58. The van der Waals surface area contributed by atoms with Gasteiger partial charge in [-0.2, -0.15) is 13.2 Å². The van der Waals surface area contributed by atoms with Crippen molar-refractivity contribution in [2.75, 3.05) is 6.61 Å². The molecule has 0 radical (unpaired) electrons. The molecule has 0 bridgehead atoms. The smallest absolute Gasteiger partial charge is 0.434 e. The summed E-state index contributed by atoms with van der Waals surface area (Å²) in [4.78, 5) is 27.1. The molecule has 8 nitrogen and oxygen atoms in total. The number of alkyl halides is 3. The number of carbonyl (C=O) groups excluding carboxylic acids is 2. The van der Waals surface area contributed by atoms with Gasteiger partial charge in [0.15, 0.2) is 5.69 Å². The van der Waals surface area contributed by atoms with Crippen LogP contribution in [0.3, 0.4) is 0 Å². The van der Waals surface area contributed by atoms with E-state index in [4.69, 9.17) is 20.0 Å². The Hall–Kier alpha value is -3.12. The molecule has 0 unspecified atom stereocenters. The third kappa shape index (κ3) is 4.39. The van der Waals surface area contributed by atoms with Gasteiger partial charge in [-0.1, -0.05) is 0 Å². The number of thiazole rings is 1.